The van der Waals surface area contributed by atoms with Crippen molar-refractivity contribution in [3.8, 4) is 0 Å². The van der Waals surface area contributed by atoms with Crippen LogP contribution in [0.3, 0.4) is 0 Å². The van der Waals surface area contributed by atoms with Crippen LogP contribution in [-0.2, 0) is 6.42 Å². The van der Waals surface area contributed by atoms with Gasteiger partial charge in [-0.05, 0) is 36.7 Å². The predicted octanol–water partition coefficient (Wildman–Crippen LogP) is 3.72. The van der Waals surface area contributed by atoms with E-state index in [1.165, 1.54) is 16.5 Å². The Morgan fingerprint density at radius 1 is 1.20 bits per heavy atom. The van der Waals surface area contributed by atoms with E-state index in [1.54, 1.807) is 6.26 Å². The number of fused-ring (bicyclic) bond motifs is 1. The second-order valence-electron chi connectivity index (χ2n) is 4.86. The Hall–Kier alpha value is -2.13. The normalized spacial score (nSPS) is 12.7. The molecule has 3 aromatic rings. The lowest BCUT2D eigenvalue weighted by Crippen LogP contribution is -2.22. The Bertz CT molecular complexity index is 671. The van der Waals surface area contributed by atoms with Gasteiger partial charge >= 0.3 is 0 Å². The lowest BCUT2D eigenvalue weighted by molar-refractivity contribution is 0.525. The molecular weight excluding hydrogens is 248 g/mol. The van der Waals surface area contributed by atoms with E-state index < -0.39 is 0 Å². The maximum absolute atomic E-state index is 5.21. The summed E-state index contributed by atoms with van der Waals surface area (Å²) >= 11 is 0. The van der Waals surface area contributed by atoms with Crippen LogP contribution >= 0.6 is 0 Å². The third-order valence-electron chi connectivity index (χ3n) is 3.56. The van der Waals surface area contributed by atoms with Crippen LogP contribution in [0.5, 0.6) is 0 Å². The van der Waals surface area contributed by atoms with Crippen LogP contribution in [0.4, 0.5) is 0 Å². The number of hydrogen-bond donors (Lipinski definition) is 1. The number of benzene rings is 1. The van der Waals surface area contributed by atoms with Crippen molar-refractivity contribution in [2.75, 3.05) is 6.54 Å². The molecule has 2 aromatic heterocycles. The first kappa shape index (κ1) is 12.9. The number of pyridine rings is 1. The van der Waals surface area contributed by atoms with Crippen molar-refractivity contribution in [3.63, 3.8) is 0 Å². The lowest BCUT2D eigenvalue weighted by atomic mass is 9.98. The van der Waals surface area contributed by atoms with Gasteiger partial charge in [0.2, 0.25) is 0 Å². The Labute approximate surface area is 118 Å². The molecule has 0 spiro atoms. The van der Waals surface area contributed by atoms with Crippen molar-refractivity contribution >= 4 is 10.9 Å². The van der Waals surface area contributed by atoms with Gasteiger partial charge in [0.05, 0.1) is 18.0 Å². The Balaban J connectivity index is 1.94. The highest BCUT2D eigenvalue weighted by Gasteiger charge is 2.14. The molecule has 0 fully saturated rings. The lowest BCUT2D eigenvalue weighted by Gasteiger charge is -2.17. The van der Waals surface area contributed by atoms with Crippen molar-refractivity contribution < 1.29 is 4.42 Å². The van der Waals surface area contributed by atoms with Crippen molar-refractivity contribution in [3.05, 3.63) is 66.2 Å². The largest absolute Gasteiger partial charge is 0.472 e. The average Bonchev–Trinajstić information content (AvgIpc) is 3.01. The molecular formula is C17H18N2O. The summed E-state index contributed by atoms with van der Waals surface area (Å²) in [6, 6.07) is 12.7. The van der Waals surface area contributed by atoms with E-state index in [2.05, 4.69) is 41.5 Å². The standard InChI is InChI=1S/C17H18N2O/c1-2-18-17(14-8-10-20-12-14)11-13-7-9-19-16-6-4-3-5-15(13)16/h3-10,12,17-18H,2,11H2,1H3. The van der Waals surface area contributed by atoms with Gasteiger partial charge in [0, 0.05) is 23.2 Å². The van der Waals surface area contributed by atoms with Gasteiger partial charge in [0.15, 0.2) is 0 Å². The topological polar surface area (TPSA) is 38.1 Å². The zero-order valence-corrected chi connectivity index (χ0v) is 11.5. The number of hydrogen-bond acceptors (Lipinski definition) is 3. The number of nitrogens with one attached hydrogen (secondary N) is 1. The van der Waals surface area contributed by atoms with Gasteiger partial charge in [-0.25, -0.2) is 0 Å². The van der Waals surface area contributed by atoms with E-state index in [9.17, 15) is 0 Å². The van der Waals surface area contributed by atoms with Gasteiger partial charge in [-0.15, -0.1) is 0 Å². The Kier molecular flexibility index (Phi) is 3.79. The molecule has 3 heteroatoms. The van der Waals surface area contributed by atoms with Crippen LogP contribution in [0, 0.1) is 0 Å². The smallest absolute Gasteiger partial charge is 0.0950 e. The molecule has 0 aliphatic carbocycles. The molecule has 0 saturated carbocycles. The molecule has 20 heavy (non-hydrogen) atoms. The highest BCUT2D eigenvalue weighted by atomic mass is 16.3. The summed E-state index contributed by atoms with van der Waals surface area (Å²) in [4.78, 5) is 4.42. The number of nitrogens with zero attached hydrogens (tertiary/aromatic N) is 1. The monoisotopic (exact) mass is 266 g/mol. The molecule has 1 atom stereocenters. The minimum absolute atomic E-state index is 0.268. The number of furan rings is 1. The third kappa shape index (κ3) is 2.58. The minimum atomic E-state index is 0.268. The molecule has 0 aliphatic rings. The average molecular weight is 266 g/mol. The summed E-state index contributed by atoms with van der Waals surface area (Å²) in [6.07, 6.45) is 6.35. The summed E-state index contributed by atoms with van der Waals surface area (Å²) in [7, 11) is 0. The maximum Gasteiger partial charge on any atom is 0.0950 e. The van der Waals surface area contributed by atoms with Gasteiger partial charge in [0.25, 0.3) is 0 Å². The summed E-state index contributed by atoms with van der Waals surface area (Å²) in [6.45, 7) is 3.05. The summed E-state index contributed by atoms with van der Waals surface area (Å²) in [5, 5.41) is 4.74. The highest BCUT2D eigenvalue weighted by molar-refractivity contribution is 5.81. The van der Waals surface area contributed by atoms with E-state index in [4.69, 9.17) is 4.42 Å². The van der Waals surface area contributed by atoms with Crippen LogP contribution in [0.25, 0.3) is 10.9 Å². The fourth-order valence-electron chi connectivity index (χ4n) is 2.58. The molecule has 0 saturated heterocycles. The molecule has 0 bridgehead atoms. The number of aromatic nitrogens is 1. The SMILES string of the molecule is CCNC(Cc1ccnc2ccccc12)c1ccoc1. The fraction of sp³-hybridized carbons (Fsp3) is 0.235. The minimum Gasteiger partial charge on any atom is -0.472 e. The zero-order chi connectivity index (χ0) is 13.8. The second kappa shape index (κ2) is 5.88. The van der Waals surface area contributed by atoms with Gasteiger partial charge < -0.3 is 9.73 Å². The first-order valence-electron chi connectivity index (χ1n) is 6.96. The molecule has 1 unspecified atom stereocenters. The van der Waals surface area contributed by atoms with E-state index >= 15 is 0 Å². The van der Waals surface area contributed by atoms with E-state index in [-0.39, 0.29) is 6.04 Å². The van der Waals surface area contributed by atoms with Crippen molar-refractivity contribution in [1.29, 1.82) is 0 Å². The molecule has 3 nitrogen and oxygen atoms in total. The third-order valence-corrected chi connectivity index (χ3v) is 3.56. The van der Waals surface area contributed by atoms with Crippen LogP contribution in [-0.4, -0.2) is 11.5 Å². The number of rotatable bonds is 5. The molecule has 102 valence electrons. The van der Waals surface area contributed by atoms with E-state index in [0.717, 1.165) is 18.5 Å². The Morgan fingerprint density at radius 2 is 2.10 bits per heavy atom. The van der Waals surface area contributed by atoms with Gasteiger partial charge in [-0.3, -0.25) is 4.98 Å². The molecule has 0 radical (unpaired) electrons. The molecule has 1 aromatic carbocycles. The number of para-hydroxylation sites is 1. The summed E-state index contributed by atoms with van der Waals surface area (Å²) in [5.74, 6) is 0. The first-order valence-corrected chi connectivity index (χ1v) is 6.96. The fourth-order valence-corrected chi connectivity index (χ4v) is 2.58. The Morgan fingerprint density at radius 3 is 2.90 bits per heavy atom. The van der Waals surface area contributed by atoms with E-state index in [1.807, 2.05) is 24.6 Å². The van der Waals surface area contributed by atoms with E-state index in [0.29, 0.717) is 0 Å². The predicted molar refractivity (Wildman–Crippen MR) is 80.6 cm³/mol. The van der Waals surface area contributed by atoms with Gasteiger partial charge in [0.1, 0.15) is 0 Å². The molecule has 3 rings (SSSR count). The molecule has 2 heterocycles. The van der Waals surface area contributed by atoms with Crippen molar-refractivity contribution in [2.24, 2.45) is 0 Å². The molecule has 1 N–H and O–H groups in total. The van der Waals surface area contributed by atoms with Gasteiger partial charge in [-0.1, -0.05) is 25.1 Å². The highest BCUT2D eigenvalue weighted by Crippen LogP contribution is 2.23. The molecule has 0 aliphatic heterocycles. The van der Waals surface area contributed by atoms with Crippen LogP contribution in [0.2, 0.25) is 0 Å². The first-order chi connectivity index (χ1) is 9.88. The zero-order valence-electron chi connectivity index (χ0n) is 11.5. The summed E-state index contributed by atoms with van der Waals surface area (Å²) in [5.41, 5.74) is 3.54. The second-order valence-corrected chi connectivity index (χ2v) is 4.86. The van der Waals surface area contributed by atoms with Crippen molar-refractivity contribution in [2.45, 2.75) is 19.4 Å². The van der Waals surface area contributed by atoms with Crippen LogP contribution < -0.4 is 5.32 Å². The van der Waals surface area contributed by atoms with Crippen LogP contribution in [0.1, 0.15) is 24.1 Å². The maximum atomic E-state index is 5.21. The number of likely N-dealkylation sites (N-methyl/N-ethyl adjacent to an activating group) is 1. The van der Waals surface area contributed by atoms with Gasteiger partial charge in [-0.2, -0.15) is 0 Å². The van der Waals surface area contributed by atoms with Crippen LogP contribution in [0.15, 0.2) is 59.5 Å². The summed E-state index contributed by atoms with van der Waals surface area (Å²) < 4.78 is 5.21. The quantitative estimate of drug-likeness (QED) is 0.764. The molecule has 0 amide bonds. The van der Waals surface area contributed by atoms with Crippen molar-refractivity contribution in [1.82, 2.24) is 10.3 Å².